The lowest BCUT2D eigenvalue weighted by atomic mass is 9.77. The molecule has 2 aliphatic heterocycles. The predicted octanol–water partition coefficient (Wildman–Crippen LogP) is 2.99. The third kappa shape index (κ3) is 2.88. The van der Waals surface area contributed by atoms with Crippen LogP contribution in [-0.2, 0) is 4.79 Å². The predicted molar refractivity (Wildman–Crippen MR) is 81.5 cm³/mol. The van der Waals surface area contributed by atoms with Crippen LogP contribution in [-0.4, -0.2) is 24.0 Å². The van der Waals surface area contributed by atoms with Crippen LogP contribution in [0, 0.1) is 11.3 Å². The van der Waals surface area contributed by atoms with Crippen molar-refractivity contribution in [1.82, 2.24) is 10.6 Å². The molecule has 2 saturated heterocycles. The second-order valence-corrected chi connectivity index (χ2v) is 7.87. The van der Waals surface area contributed by atoms with Crippen LogP contribution in [0.4, 0.5) is 0 Å². The fourth-order valence-electron chi connectivity index (χ4n) is 4.87. The van der Waals surface area contributed by atoms with Gasteiger partial charge in [0.05, 0.1) is 0 Å². The molecule has 3 fully saturated rings. The SMILES string of the molecule is CC(C)CC1(C(=O)NC2CC3CCC(C2)N3)CCCC1. The van der Waals surface area contributed by atoms with Crippen LogP contribution in [0.25, 0.3) is 0 Å². The molecule has 2 unspecified atom stereocenters. The largest absolute Gasteiger partial charge is 0.353 e. The lowest BCUT2D eigenvalue weighted by molar-refractivity contribution is -0.132. The van der Waals surface area contributed by atoms with Crippen molar-refractivity contribution in [1.29, 1.82) is 0 Å². The number of hydrogen-bond donors (Lipinski definition) is 2. The van der Waals surface area contributed by atoms with Gasteiger partial charge in [-0.1, -0.05) is 26.7 Å². The third-order valence-corrected chi connectivity index (χ3v) is 5.65. The highest BCUT2D eigenvalue weighted by atomic mass is 16.2. The molecule has 2 bridgehead atoms. The number of carbonyl (C=O) groups is 1. The van der Waals surface area contributed by atoms with E-state index < -0.39 is 0 Å². The highest BCUT2D eigenvalue weighted by molar-refractivity contribution is 5.83. The molecule has 0 aromatic rings. The molecule has 20 heavy (non-hydrogen) atoms. The second-order valence-electron chi connectivity index (χ2n) is 7.87. The maximum atomic E-state index is 12.9. The molecule has 1 amide bonds. The number of hydrogen-bond acceptors (Lipinski definition) is 2. The Morgan fingerprint density at radius 2 is 1.80 bits per heavy atom. The number of piperidine rings is 1. The van der Waals surface area contributed by atoms with Crippen molar-refractivity contribution in [3.8, 4) is 0 Å². The van der Waals surface area contributed by atoms with E-state index in [0.717, 1.165) is 32.1 Å². The minimum Gasteiger partial charge on any atom is -0.353 e. The minimum absolute atomic E-state index is 0.0436. The van der Waals surface area contributed by atoms with Crippen molar-refractivity contribution in [3.63, 3.8) is 0 Å². The minimum atomic E-state index is -0.0436. The first-order chi connectivity index (χ1) is 9.57. The normalized spacial score (nSPS) is 35.5. The highest BCUT2D eigenvalue weighted by Gasteiger charge is 2.43. The molecule has 3 nitrogen and oxygen atoms in total. The summed E-state index contributed by atoms with van der Waals surface area (Å²) in [5.74, 6) is 0.984. The van der Waals surface area contributed by atoms with E-state index >= 15 is 0 Å². The molecule has 0 spiro atoms. The molecule has 2 N–H and O–H groups in total. The van der Waals surface area contributed by atoms with Gasteiger partial charge in [0.25, 0.3) is 0 Å². The molecule has 0 aromatic carbocycles. The van der Waals surface area contributed by atoms with Crippen LogP contribution in [0.2, 0.25) is 0 Å². The summed E-state index contributed by atoms with van der Waals surface area (Å²) in [5.41, 5.74) is -0.0436. The summed E-state index contributed by atoms with van der Waals surface area (Å²) in [4.78, 5) is 12.9. The first kappa shape index (κ1) is 14.4. The first-order valence-corrected chi connectivity index (χ1v) is 8.64. The Hall–Kier alpha value is -0.570. The molecule has 1 saturated carbocycles. The average molecular weight is 278 g/mol. The van der Waals surface area contributed by atoms with Gasteiger partial charge in [-0.2, -0.15) is 0 Å². The van der Waals surface area contributed by atoms with Crippen LogP contribution in [0.1, 0.15) is 71.6 Å². The molecule has 3 rings (SSSR count). The molecule has 3 heteroatoms. The van der Waals surface area contributed by atoms with Crippen molar-refractivity contribution in [2.75, 3.05) is 0 Å². The fourth-order valence-corrected chi connectivity index (χ4v) is 4.87. The summed E-state index contributed by atoms with van der Waals surface area (Å²) in [6, 6.07) is 1.73. The highest BCUT2D eigenvalue weighted by Crippen LogP contribution is 2.43. The first-order valence-electron chi connectivity index (χ1n) is 8.64. The van der Waals surface area contributed by atoms with Crippen molar-refractivity contribution in [3.05, 3.63) is 0 Å². The van der Waals surface area contributed by atoms with E-state index in [4.69, 9.17) is 0 Å². The summed E-state index contributed by atoms with van der Waals surface area (Å²) in [6.45, 7) is 4.50. The second kappa shape index (κ2) is 5.67. The maximum absolute atomic E-state index is 12.9. The fraction of sp³-hybridized carbons (Fsp3) is 0.941. The van der Waals surface area contributed by atoms with Crippen LogP contribution in [0.5, 0.6) is 0 Å². The molecule has 2 heterocycles. The van der Waals surface area contributed by atoms with Crippen molar-refractivity contribution in [2.24, 2.45) is 11.3 Å². The number of nitrogens with one attached hydrogen (secondary N) is 2. The zero-order chi connectivity index (χ0) is 14.2. The van der Waals surface area contributed by atoms with Crippen molar-refractivity contribution >= 4 is 5.91 Å². The molecular formula is C17H30N2O. The van der Waals surface area contributed by atoms with Crippen LogP contribution in [0.3, 0.4) is 0 Å². The standard InChI is InChI=1S/C17H30N2O/c1-12(2)11-17(7-3-4-8-17)16(20)19-15-9-13-5-6-14(10-15)18-13/h12-15,18H,3-11H2,1-2H3,(H,19,20). The van der Waals surface area contributed by atoms with Gasteiger partial charge in [-0.05, 0) is 50.9 Å². The Morgan fingerprint density at radius 1 is 1.20 bits per heavy atom. The van der Waals surface area contributed by atoms with Crippen LogP contribution in [0.15, 0.2) is 0 Å². The van der Waals surface area contributed by atoms with Gasteiger partial charge in [0.15, 0.2) is 0 Å². The van der Waals surface area contributed by atoms with Crippen molar-refractivity contribution < 1.29 is 4.79 Å². The van der Waals surface area contributed by atoms with Crippen molar-refractivity contribution in [2.45, 2.75) is 89.8 Å². The Kier molecular flexibility index (Phi) is 4.07. The van der Waals surface area contributed by atoms with Gasteiger partial charge in [-0.3, -0.25) is 4.79 Å². The monoisotopic (exact) mass is 278 g/mol. The van der Waals surface area contributed by atoms with E-state index in [0.29, 0.717) is 30.0 Å². The molecule has 2 atom stereocenters. The Morgan fingerprint density at radius 3 is 2.35 bits per heavy atom. The molecule has 0 aromatic heterocycles. The van der Waals surface area contributed by atoms with Gasteiger partial charge < -0.3 is 10.6 Å². The number of carbonyl (C=O) groups excluding carboxylic acids is 1. The average Bonchev–Trinajstić information content (AvgIpc) is 2.97. The van der Waals surface area contributed by atoms with E-state index in [1.165, 1.54) is 25.7 Å². The maximum Gasteiger partial charge on any atom is 0.226 e. The Bertz CT molecular complexity index is 348. The van der Waals surface area contributed by atoms with Gasteiger partial charge >= 0.3 is 0 Å². The lowest BCUT2D eigenvalue weighted by Crippen LogP contribution is -2.51. The zero-order valence-electron chi connectivity index (χ0n) is 13.1. The smallest absolute Gasteiger partial charge is 0.226 e. The quantitative estimate of drug-likeness (QED) is 0.830. The van der Waals surface area contributed by atoms with Gasteiger partial charge in [0.2, 0.25) is 5.91 Å². The molecular weight excluding hydrogens is 248 g/mol. The van der Waals surface area contributed by atoms with E-state index in [1.807, 2.05) is 0 Å². The lowest BCUT2D eigenvalue weighted by Gasteiger charge is -2.35. The van der Waals surface area contributed by atoms with E-state index in [9.17, 15) is 4.79 Å². The van der Waals surface area contributed by atoms with Crippen LogP contribution >= 0.6 is 0 Å². The molecule has 114 valence electrons. The molecule has 0 radical (unpaired) electrons. The summed E-state index contributed by atoms with van der Waals surface area (Å²) in [6.07, 6.45) is 10.6. The number of fused-ring (bicyclic) bond motifs is 2. The summed E-state index contributed by atoms with van der Waals surface area (Å²) in [7, 11) is 0. The zero-order valence-corrected chi connectivity index (χ0v) is 13.1. The van der Waals surface area contributed by atoms with E-state index in [1.54, 1.807) is 0 Å². The Labute approximate surface area is 123 Å². The number of amides is 1. The Balaban J connectivity index is 1.62. The van der Waals surface area contributed by atoms with E-state index in [-0.39, 0.29) is 5.41 Å². The summed E-state index contributed by atoms with van der Waals surface area (Å²) >= 11 is 0. The summed E-state index contributed by atoms with van der Waals surface area (Å²) in [5, 5.41) is 7.08. The summed E-state index contributed by atoms with van der Waals surface area (Å²) < 4.78 is 0. The van der Waals surface area contributed by atoms with E-state index in [2.05, 4.69) is 24.5 Å². The molecule has 1 aliphatic carbocycles. The van der Waals surface area contributed by atoms with Gasteiger partial charge in [-0.15, -0.1) is 0 Å². The third-order valence-electron chi connectivity index (χ3n) is 5.65. The van der Waals surface area contributed by atoms with Crippen LogP contribution < -0.4 is 10.6 Å². The molecule has 3 aliphatic rings. The van der Waals surface area contributed by atoms with Gasteiger partial charge in [-0.25, -0.2) is 0 Å². The van der Waals surface area contributed by atoms with Gasteiger partial charge in [0.1, 0.15) is 0 Å². The van der Waals surface area contributed by atoms with Gasteiger partial charge in [0, 0.05) is 23.5 Å². The number of rotatable bonds is 4. The topological polar surface area (TPSA) is 41.1 Å².